The van der Waals surface area contributed by atoms with Gasteiger partial charge in [-0.3, -0.25) is 9.69 Å². The van der Waals surface area contributed by atoms with Gasteiger partial charge in [0.05, 0.1) is 14.2 Å². The number of benzene rings is 1. The molecule has 31 heavy (non-hydrogen) atoms. The van der Waals surface area contributed by atoms with Crippen LogP contribution in [0, 0.1) is 11.8 Å². The predicted molar refractivity (Wildman–Crippen MR) is 112 cm³/mol. The summed E-state index contributed by atoms with van der Waals surface area (Å²) in [6.07, 6.45) is 5.68. The first-order valence-corrected chi connectivity index (χ1v) is 10.5. The molecule has 9 heteroatoms. The minimum absolute atomic E-state index is 0.0739. The summed E-state index contributed by atoms with van der Waals surface area (Å²) in [5, 5.41) is 14.8. The number of carbonyl (C=O) groups is 3. The molecule has 3 aliphatic rings. The largest absolute Gasteiger partial charge is 0.497 e. The number of amides is 1. The van der Waals surface area contributed by atoms with E-state index in [9.17, 15) is 4.79 Å². The number of rotatable bonds is 4. The van der Waals surface area contributed by atoms with Crippen molar-refractivity contribution in [3.8, 4) is 11.5 Å². The molecule has 2 aliphatic carbocycles. The van der Waals surface area contributed by atoms with Gasteiger partial charge in [-0.2, -0.15) is 0 Å². The van der Waals surface area contributed by atoms with Crippen LogP contribution in [0.15, 0.2) is 18.2 Å². The molecular formula is C22H30N2O7. The lowest BCUT2D eigenvalue weighted by Gasteiger charge is -2.41. The lowest BCUT2D eigenvalue weighted by Crippen LogP contribution is -2.53. The average Bonchev–Trinajstić information content (AvgIpc) is 3.42. The van der Waals surface area contributed by atoms with Crippen LogP contribution in [0.1, 0.15) is 36.0 Å². The van der Waals surface area contributed by atoms with E-state index in [2.05, 4.69) is 4.90 Å². The zero-order valence-electron chi connectivity index (χ0n) is 18.0. The van der Waals surface area contributed by atoms with Crippen molar-refractivity contribution in [3.63, 3.8) is 0 Å². The molecule has 2 bridgehead atoms. The van der Waals surface area contributed by atoms with Crippen molar-refractivity contribution in [2.24, 2.45) is 11.8 Å². The zero-order valence-corrected chi connectivity index (χ0v) is 18.0. The summed E-state index contributed by atoms with van der Waals surface area (Å²) < 4.78 is 10.6. The number of aliphatic carboxylic acids is 2. The molecule has 1 aromatic rings. The number of carbonyl (C=O) groups excluding carboxylic acids is 1. The van der Waals surface area contributed by atoms with Crippen molar-refractivity contribution in [3.05, 3.63) is 23.8 Å². The highest BCUT2D eigenvalue weighted by Crippen LogP contribution is 2.46. The van der Waals surface area contributed by atoms with Crippen LogP contribution in [0.25, 0.3) is 0 Å². The second kappa shape index (κ2) is 10.00. The van der Waals surface area contributed by atoms with Gasteiger partial charge in [-0.25, -0.2) is 9.59 Å². The van der Waals surface area contributed by atoms with Crippen molar-refractivity contribution in [1.82, 2.24) is 9.80 Å². The van der Waals surface area contributed by atoms with Crippen LogP contribution in [0.5, 0.6) is 11.5 Å². The number of carboxylic acids is 2. The molecule has 170 valence electrons. The summed E-state index contributed by atoms with van der Waals surface area (Å²) in [5.41, 5.74) is 0.643. The van der Waals surface area contributed by atoms with Crippen LogP contribution in [0.2, 0.25) is 0 Å². The highest BCUT2D eigenvalue weighted by Gasteiger charge is 2.43. The van der Waals surface area contributed by atoms with Crippen LogP contribution in [-0.4, -0.2) is 84.3 Å². The molecule has 1 amide bonds. The topological polar surface area (TPSA) is 117 Å². The minimum Gasteiger partial charge on any atom is -0.497 e. The van der Waals surface area contributed by atoms with Crippen LogP contribution in [-0.2, 0) is 9.59 Å². The standard InChI is InChI=1S/C20H28N2O3.C2H2O4/c1-24-17-11-16(12-18(13-17)25-2)20(23)22-7-5-21(6-8-22)19-10-14-3-4-15(19)9-14;3-1(4)2(5)6/h11-15,19H,3-10H2,1-2H3;(H,3,4)(H,5,6). The Morgan fingerprint density at radius 1 is 0.871 bits per heavy atom. The summed E-state index contributed by atoms with van der Waals surface area (Å²) in [5.74, 6) is -0.379. The molecule has 0 spiro atoms. The molecular weight excluding hydrogens is 404 g/mol. The molecule has 1 saturated heterocycles. The van der Waals surface area contributed by atoms with Crippen LogP contribution < -0.4 is 9.47 Å². The van der Waals surface area contributed by atoms with E-state index in [0.717, 1.165) is 44.1 Å². The Labute approximate surface area is 181 Å². The van der Waals surface area contributed by atoms with E-state index >= 15 is 0 Å². The number of piperazine rings is 1. The third kappa shape index (κ3) is 5.46. The van der Waals surface area contributed by atoms with Crippen LogP contribution in [0.4, 0.5) is 0 Å². The maximum atomic E-state index is 12.9. The molecule has 0 aromatic heterocycles. The number of nitrogens with zero attached hydrogens (tertiary/aromatic N) is 2. The number of ether oxygens (including phenoxy) is 2. The second-order valence-corrected chi connectivity index (χ2v) is 8.28. The monoisotopic (exact) mass is 434 g/mol. The summed E-state index contributed by atoms with van der Waals surface area (Å²) in [6, 6.07) is 6.16. The molecule has 1 aromatic carbocycles. The molecule has 3 fully saturated rings. The van der Waals surface area contributed by atoms with Gasteiger partial charge in [-0.1, -0.05) is 6.42 Å². The van der Waals surface area contributed by atoms with Crippen molar-refractivity contribution >= 4 is 17.8 Å². The van der Waals surface area contributed by atoms with E-state index in [1.165, 1.54) is 25.7 Å². The molecule has 3 unspecified atom stereocenters. The van der Waals surface area contributed by atoms with Gasteiger partial charge in [0, 0.05) is 43.9 Å². The molecule has 2 N–H and O–H groups in total. The molecule has 4 rings (SSSR count). The van der Waals surface area contributed by atoms with Gasteiger partial charge >= 0.3 is 11.9 Å². The highest BCUT2D eigenvalue weighted by atomic mass is 16.5. The second-order valence-electron chi connectivity index (χ2n) is 8.28. The van der Waals surface area contributed by atoms with Crippen molar-refractivity contribution < 1.29 is 34.1 Å². The van der Waals surface area contributed by atoms with Crippen LogP contribution >= 0.6 is 0 Å². The van der Waals surface area contributed by atoms with Gasteiger partial charge in [0.25, 0.3) is 5.91 Å². The van der Waals surface area contributed by atoms with E-state index in [1.54, 1.807) is 32.4 Å². The van der Waals surface area contributed by atoms with Crippen molar-refractivity contribution in [2.75, 3.05) is 40.4 Å². The van der Waals surface area contributed by atoms with Gasteiger partial charge in [0.15, 0.2) is 0 Å². The van der Waals surface area contributed by atoms with E-state index in [-0.39, 0.29) is 5.91 Å². The molecule has 2 saturated carbocycles. The molecule has 3 atom stereocenters. The Morgan fingerprint density at radius 3 is 1.87 bits per heavy atom. The maximum absolute atomic E-state index is 12.9. The fraction of sp³-hybridized carbons (Fsp3) is 0.591. The third-order valence-corrected chi connectivity index (χ3v) is 6.55. The summed E-state index contributed by atoms with van der Waals surface area (Å²) in [7, 11) is 3.22. The zero-order chi connectivity index (χ0) is 22.5. The van der Waals surface area contributed by atoms with Gasteiger partial charge in [0.1, 0.15) is 11.5 Å². The van der Waals surface area contributed by atoms with Crippen LogP contribution in [0.3, 0.4) is 0 Å². The smallest absolute Gasteiger partial charge is 0.414 e. The lowest BCUT2D eigenvalue weighted by molar-refractivity contribution is -0.159. The number of hydrogen-bond donors (Lipinski definition) is 2. The third-order valence-electron chi connectivity index (χ3n) is 6.55. The first-order chi connectivity index (χ1) is 14.8. The van der Waals surface area contributed by atoms with Gasteiger partial charge in [-0.05, 0) is 43.2 Å². The number of carboxylic acid groups (broad SMARTS) is 2. The van der Waals surface area contributed by atoms with E-state index in [1.807, 2.05) is 4.90 Å². The summed E-state index contributed by atoms with van der Waals surface area (Å²) in [4.78, 5) is 35.7. The number of hydrogen-bond acceptors (Lipinski definition) is 6. The maximum Gasteiger partial charge on any atom is 0.414 e. The Bertz CT molecular complexity index is 786. The first-order valence-electron chi connectivity index (χ1n) is 10.5. The van der Waals surface area contributed by atoms with E-state index in [0.29, 0.717) is 17.1 Å². The van der Waals surface area contributed by atoms with Gasteiger partial charge in [0.2, 0.25) is 0 Å². The highest BCUT2D eigenvalue weighted by molar-refractivity contribution is 6.27. The van der Waals surface area contributed by atoms with E-state index < -0.39 is 11.9 Å². The van der Waals surface area contributed by atoms with Crippen molar-refractivity contribution in [1.29, 1.82) is 0 Å². The molecule has 1 aliphatic heterocycles. The molecule has 0 radical (unpaired) electrons. The normalized spacial score (nSPS) is 24.8. The molecule has 9 nitrogen and oxygen atoms in total. The number of methoxy groups -OCH3 is 2. The summed E-state index contributed by atoms with van der Waals surface area (Å²) in [6.45, 7) is 3.62. The summed E-state index contributed by atoms with van der Waals surface area (Å²) >= 11 is 0. The lowest BCUT2D eigenvalue weighted by atomic mass is 9.93. The Balaban J connectivity index is 0.000000401. The van der Waals surface area contributed by atoms with E-state index in [4.69, 9.17) is 29.3 Å². The van der Waals surface area contributed by atoms with Crippen molar-refractivity contribution in [2.45, 2.75) is 31.7 Å². The fourth-order valence-electron chi connectivity index (χ4n) is 5.03. The average molecular weight is 434 g/mol. The SMILES string of the molecule is COc1cc(OC)cc(C(=O)N2CCN(C3CC4CCC3C4)CC2)c1.O=C(O)C(=O)O. The number of fused-ring (bicyclic) bond motifs is 2. The van der Waals surface area contributed by atoms with Gasteiger partial charge < -0.3 is 24.6 Å². The minimum atomic E-state index is -1.82. The molecule has 1 heterocycles. The Hall–Kier alpha value is -2.81. The first kappa shape index (κ1) is 22.9. The quantitative estimate of drug-likeness (QED) is 0.689. The Kier molecular flexibility index (Phi) is 7.37. The fourth-order valence-corrected chi connectivity index (χ4v) is 5.03. The predicted octanol–water partition coefficient (Wildman–Crippen LogP) is 1.81. The Morgan fingerprint density at radius 2 is 1.45 bits per heavy atom. The van der Waals surface area contributed by atoms with Gasteiger partial charge in [-0.15, -0.1) is 0 Å².